The highest BCUT2D eigenvalue weighted by Crippen LogP contribution is 2.26. The summed E-state index contributed by atoms with van der Waals surface area (Å²) in [4.78, 5) is 16.9. The van der Waals surface area contributed by atoms with Gasteiger partial charge >= 0.3 is 0 Å². The molecular weight excluding hydrogens is 356 g/mol. The first-order chi connectivity index (χ1) is 13.0. The second kappa shape index (κ2) is 6.90. The minimum Gasteiger partial charge on any atom is -0.488 e. The van der Waals surface area contributed by atoms with Crippen molar-refractivity contribution in [2.75, 3.05) is 0 Å². The van der Waals surface area contributed by atoms with Gasteiger partial charge in [-0.2, -0.15) is 0 Å². The van der Waals surface area contributed by atoms with Crippen molar-refractivity contribution in [2.24, 2.45) is 7.05 Å². The van der Waals surface area contributed by atoms with Crippen molar-refractivity contribution >= 4 is 17.1 Å². The van der Waals surface area contributed by atoms with Gasteiger partial charge in [-0.15, -0.1) is 5.10 Å². The lowest BCUT2D eigenvalue weighted by Crippen LogP contribution is -2.42. The second-order valence-electron chi connectivity index (χ2n) is 6.52. The smallest absolute Gasteiger partial charge is 0.254 e. The molecule has 1 N–H and O–H groups in total. The Bertz CT molecular complexity index is 986. The predicted octanol–water partition coefficient (Wildman–Crippen LogP) is 2.37. The molecular formula is C18H17F2N5O2. The van der Waals surface area contributed by atoms with E-state index in [4.69, 9.17) is 4.74 Å². The molecule has 1 aliphatic carbocycles. The fraction of sp³-hybridized carbons (Fsp3) is 0.333. The largest absolute Gasteiger partial charge is 0.488 e. The molecule has 0 bridgehead atoms. The van der Waals surface area contributed by atoms with Gasteiger partial charge in [-0.25, -0.2) is 18.4 Å². The number of nitrogens with zero attached hydrogens (tertiary/aromatic N) is 4. The van der Waals surface area contributed by atoms with Gasteiger partial charge < -0.3 is 10.1 Å². The average Bonchev–Trinajstić information content (AvgIpc) is 3.21. The summed E-state index contributed by atoms with van der Waals surface area (Å²) in [6.07, 6.45) is 3.39. The van der Waals surface area contributed by atoms with Crippen molar-refractivity contribution < 1.29 is 18.3 Å². The summed E-state index contributed by atoms with van der Waals surface area (Å²) >= 11 is 0. The first kappa shape index (κ1) is 17.3. The molecule has 2 atom stereocenters. The van der Waals surface area contributed by atoms with E-state index in [2.05, 4.69) is 20.6 Å². The summed E-state index contributed by atoms with van der Waals surface area (Å²) in [5.74, 6) is -1.61. The van der Waals surface area contributed by atoms with Gasteiger partial charge in [0.1, 0.15) is 29.0 Å². The second-order valence-corrected chi connectivity index (χ2v) is 6.52. The molecule has 1 saturated carbocycles. The van der Waals surface area contributed by atoms with Crippen LogP contribution in [-0.4, -0.2) is 38.0 Å². The van der Waals surface area contributed by atoms with Crippen molar-refractivity contribution in [1.29, 1.82) is 0 Å². The van der Waals surface area contributed by atoms with Crippen molar-refractivity contribution in [1.82, 2.24) is 25.3 Å². The van der Waals surface area contributed by atoms with E-state index in [1.165, 1.54) is 10.9 Å². The highest BCUT2D eigenvalue weighted by Gasteiger charge is 2.31. The van der Waals surface area contributed by atoms with E-state index in [1.54, 1.807) is 13.1 Å². The average molecular weight is 373 g/mol. The van der Waals surface area contributed by atoms with Crippen LogP contribution in [-0.2, 0) is 7.05 Å². The van der Waals surface area contributed by atoms with Crippen molar-refractivity contribution in [3.05, 3.63) is 47.7 Å². The molecule has 1 fully saturated rings. The quantitative estimate of drug-likeness (QED) is 0.759. The van der Waals surface area contributed by atoms with E-state index in [1.807, 2.05) is 0 Å². The van der Waals surface area contributed by atoms with Crippen LogP contribution in [0.5, 0.6) is 5.75 Å². The molecule has 2 heterocycles. The minimum atomic E-state index is -0.703. The Morgan fingerprint density at radius 1 is 1.26 bits per heavy atom. The Hall–Kier alpha value is -3.10. The summed E-state index contributed by atoms with van der Waals surface area (Å²) < 4.78 is 34.0. The van der Waals surface area contributed by atoms with Crippen LogP contribution in [0.1, 0.15) is 29.6 Å². The molecule has 27 heavy (non-hydrogen) atoms. The summed E-state index contributed by atoms with van der Waals surface area (Å²) in [6.45, 7) is 0. The van der Waals surface area contributed by atoms with Crippen LogP contribution >= 0.6 is 0 Å². The summed E-state index contributed by atoms with van der Waals surface area (Å²) in [6, 6.07) is 4.36. The summed E-state index contributed by atoms with van der Waals surface area (Å²) in [5, 5.41) is 10.8. The number of benzene rings is 1. The lowest BCUT2D eigenvalue weighted by molar-refractivity contribution is 0.0895. The summed E-state index contributed by atoms with van der Waals surface area (Å²) in [5.41, 5.74) is 1.30. The van der Waals surface area contributed by atoms with Gasteiger partial charge in [0.25, 0.3) is 5.91 Å². The summed E-state index contributed by atoms with van der Waals surface area (Å²) in [7, 11) is 1.70. The number of hydrogen-bond acceptors (Lipinski definition) is 5. The zero-order chi connectivity index (χ0) is 19.0. The maximum Gasteiger partial charge on any atom is 0.254 e. The zero-order valence-corrected chi connectivity index (χ0v) is 14.5. The Balaban J connectivity index is 1.51. The fourth-order valence-electron chi connectivity index (χ4n) is 3.37. The molecule has 0 unspecified atom stereocenters. The maximum absolute atomic E-state index is 13.4. The van der Waals surface area contributed by atoms with Gasteiger partial charge in [0.2, 0.25) is 0 Å². The first-order valence-electron chi connectivity index (χ1n) is 8.59. The Morgan fingerprint density at radius 2 is 2.04 bits per heavy atom. The molecule has 2 aromatic heterocycles. The van der Waals surface area contributed by atoms with E-state index in [9.17, 15) is 13.6 Å². The third kappa shape index (κ3) is 3.44. The third-order valence-electron chi connectivity index (χ3n) is 4.63. The van der Waals surface area contributed by atoms with Crippen LogP contribution in [0.3, 0.4) is 0 Å². The Kier molecular flexibility index (Phi) is 4.43. The van der Waals surface area contributed by atoms with Gasteiger partial charge in [-0.3, -0.25) is 4.79 Å². The number of ether oxygens (including phenoxy) is 1. The van der Waals surface area contributed by atoms with Gasteiger partial charge in [0.05, 0.1) is 11.6 Å². The predicted molar refractivity (Wildman–Crippen MR) is 92.2 cm³/mol. The van der Waals surface area contributed by atoms with Gasteiger partial charge in [0, 0.05) is 31.4 Å². The highest BCUT2D eigenvalue weighted by atomic mass is 19.1. The van der Waals surface area contributed by atoms with Crippen molar-refractivity contribution in [3.63, 3.8) is 0 Å². The van der Waals surface area contributed by atoms with Gasteiger partial charge in [-0.05, 0) is 25.3 Å². The standard InChI is InChI=1S/C18H17F2N5O2/c1-25-17-16(23-24-25)13(5-6-21-17)18(26)22-14-3-2-4-15(14)27-12-8-10(19)7-11(20)9-12/h5-9,14-15H,2-4H2,1H3,(H,22,26)/t14-,15+/m0/s1. The zero-order valence-electron chi connectivity index (χ0n) is 14.5. The molecule has 0 saturated heterocycles. The molecule has 4 rings (SSSR count). The molecule has 3 aromatic rings. The SMILES string of the molecule is Cn1nnc2c(C(=O)N[C@H]3CCC[C@H]3Oc3cc(F)cc(F)c3)ccnc21. The normalized spacial score (nSPS) is 19.4. The van der Waals surface area contributed by atoms with Crippen LogP contribution in [0, 0.1) is 11.6 Å². The number of aromatic nitrogens is 4. The highest BCUT2D eigenvalue weighted by molar-refractivity contribution is 6.03. The molecule has 0 aliphatic heterocycles. The van der Waals surface area contributed by atoms with Crippen LogP contribution in [0.2, 0.25) is 0 Å². The molecule has 1 aromatic carbocycles. The molecule has 0 spiro atoms. The lowest BCUT2D eigenvalue weighted by Gasteiger charge is -2.22. The number of rotatable bonds is 4. The van der Waals surface area contributed by atoms with Crippen molar-refractivity contribution in [3.8, 4) is 5.75 Å². The maximum atomic E-state index is 13.4. The molecule has 1 aliphatic rings. The molecule has 0 radical (unpaired) electrons. The van der Waals surface area contributed by atoms with E-state index in [-0.39, 0.29) is 23.8 Å². The molecule has 9 heteroatoms. The number of carbonyl (C=O) groups is 1. The van der Waals surface area contributed by atoms with Crippen LogP contribution in [0.4, 0.5) is 8.78 Å². The number of hydrogen-bond donors (Lipinski definition) is 1. The molecule has 7 nitrogen and oxygen atoms in total. The lowest BCUT2D eigenvalue weighted by atomic mass is 10.1. The van der Waals surface area contributed by atoms with Crippen LogP contribution in [0.25, 0.3) is 11.2 Å². The number of pyridine rings is 1. The van der Waals surface area contributed by atoms with Crippen LogP contribution in [0.15, 0.2) is 30.5 Å². The van der Waals surface area contributed by atoms with Gasteiger partial charge in [0.15, 0.2) is 5.65 Å². The number of carbonyl (C=O) groups excluding carboxylic acids is 1. The van der Waals surface area contributed by atoms with E-state index < -0.39 is 11.6 Å². The Morgan fingerprint density at radius 3 is 2.81 bits per heavy atom. The first-order valence-corrected chi connectivity index (χ1v) is 8.59. The number of nitrogens with one attached hydrogen (secondary N) is 1. The molecule has 140 valence electrons. The van der Waals surface area contributed by atoms with E-state index in [0.29, 0.717) is 29.6 Å². The van der Waals surface area contributed by atoms with Gasteiger partial charge in [-0.1, -0.05) is 5.21 Å². The number of aryl methyl sites for hydroxylation is 1. The monoisotopic (exact) mass is 373 g/mol. The van der Waals surface area contributed by atoms with Crippen LogP contribution < -0.4 is 10.1 Å². The van der Waals surface area contributed by atoms with E-state index in [0.717, 1.165) is 24.6 Å². The van der Waals surface area contributed by atoms with E-state index >= 15 is 0 Å². The fourth-order valence-corrected chi connectivity index (χ4v) is 3.37. The number of halogens is 2. The third-order valence-corrected chi connectivity index (χ3v) is 4.63. The minimum absolute atomic E-state index is 0.110. The Labute approximate surface area is 153 Å². The van der Waals surface area contributed by atoms with Crippen molar-refractivity contribution in [2.45, 2.75) is 31.4 Å². The topological polar surface area (TPSA) is 81.9 Å². The number of amides is 1. The number of fused-ring (bicyclic) bond motifs is 1. The molecule has 1 amide bonds.